The lowest BCUT2D eigenvalue weighted by atomic mass is 10.1. The summed E-state index contributed by atoms with van der Waals surface area (Å²) < 4.78 is 0. The maximum absolute atomic E-state index is 12.2. The molecule has 1 aliphatic heterocycles. The van der Waals surface area contributed by atoms with Crippen molar-refractivity contribution in [2.75, 3.05) is 13.2 Å². The molecule has 3 atom stereocenters. The molecule has 0 aliphatic carbocycles. The predicted molar refractivity (Wildman–Crippen MR) is 82.7 cm³/mol. The van der Waals surface area contributed by atoms with E-state index in [1.165, 1.54) is 0 Å². The Bertz CT molecular complexity index is 484. The van der Waals surface area contributed by atoms with Gasteiger partial charge in [-0.3, -0.25) is 14.4 Å². The van der Waals surface area contributed by atoms with E-state index >= 15 is 0 Å². The van der Waals surface area contributed by atoms with Crippen LogP contribution in [0.3, 0.4) is 0 Å². The molecule has 1 aliphatic rings. The van der Waals surface area contributed by atoms with Crippen LogP contribution >= 0.6 is 0 Å². The Kier molecular flexibility index (Phi) is 8.13. The van der Waals surface area contributed by atoms with E-state index in [1.54, 1.807) is 0 Å². The SMILES string of the molecule is NCCCCC(NC(=O)C1CCC(=O)N1)C(=O)NC(CO)C(=O)O. The van der Waals surface area contributed by atoms with Gasteiger partial charge in [0.15, 0.2) is 0 Å². The second-order valence-corrected chi connectivity index (χ2v) is 5.59. The largest absolute Gasteiger partial charge is 0.480 e. The van der Waals surface area contributed by atoms with Gasteiger partial charge in [0.25, 0.3) is 0 Å². The number of aliphatic hydroxyl groups excluding tert-OH is 1. The molecule has 0 aromatic rings. The van der Waals surface area contributed by atoms with Gasteiger partial charge >= 0.3 is 5.97 Å². The molecule has 10 heteroatoms. The molecule has 1 saturated heterocycles. The number of amides is 3. The van der Waals surface area contributed by atoms with E-state index in [4.69, 9.17) is 15.9 Å². The van der Waals surface area contributed by atoms with Gasteiger partial charge in [-0.2, -0.15) is 0 Å². The average molecular weight is 344 g/mol. The van der Waals surface area contributed by atoms with Crippen LogP contribution in [0.2, 0.25) is 0 Å². The first-order chi connectivity index (χ1) is 11.4. The minimum Gasteiger partial charge on any atom is -0.480 e. The number of unbranched alkanes of at least 4 members (excludes halogenated alkanes) is 1. The van der Waals surface area contributed by atoms with Gasteiger partial charge in [0, 0.05) is 6.42 Å². The third-order valence-corrected chi connectivity index (χ3v) is 3.69. The number of aliphatic hydroxyl groups is 1. The molecule has 0 saturated carbocycles. The van der Waals surface area contributed by atoms with Crippen LogP contribution in [0.4, 0.5) is 0 Å². The van der Waals surface area contributed by atoms with Crippen molar-refractivity contribution in [2.45, 2.75) is 50.2 Å². The van der Waals surface area contributed by atoms with E-state index in [1.807, 2.05) is 0 Å². The van der Waals surface area contributed by atoms with E-state index < -0.39 is 42.5 Å². The van der Waals surface area contributed by atoms with Crippen LogP contribution in [-0.2, 0) is 19.2 Å². The monoisotopic (exact) mass is 344 g/mol. The second kappa shape index (κ2) is 9.83. The lowest BCUT2D eigenvalue weighted by molar-refractivity contribution is -0.143. The molecule has 7 N–H and O–H groups in total. The lowest BCUT2D eigenvalue weighted by Gasteiger charge is -2.22. The van der Waals surface area contributed by atoms with E-state index in [0.717, 1.165) is 0 Å². The Balaban J connectivity index is 2.67. The molecule has 24 heavy (non-hydrogen) atoms. The van der Waals surface area contributed by atoms with Gasteiger partial charge in [-0.1, -0.05) is 0 Å². The molecule has 3 amide bonds. The molecule has 3 unspecified atom stereocenters. The van der Waals surface area contributed by atoms with E-state index in [0.29, 0.717) is 25.8 Å². The van der Waals surface area contributed by atoms with Crippen LogP contribution < -0.4 is 21.7 Å². The fraction of sp³-hybridized carbons (Fsp3) is 0.714. The van der Waals surface area contributed by atoms with Crippen molar-refractivity contribution < 1.29 is 29.4 Å². The van der Waals surface area contributed by atoms with E-state index in [-0.39, 0.29) is 18.7 Å². The van der Waals surface area contributed by atoms with Gasteiger partial charge in [0.05, 0.1) is 6.61 Å². The van der Waals surface area contributed by atoms with Crippen molar-refractivity contribution in [2.24, 2.45) is 5.73 Å². The Labute approximate surface area is 139 Å². The molecular formula is C14H24N4O6. The third-order valence-electron chi connectivity index (χ3n) is 3.69. The third kappa shape index (κ3) is 6.13. The summed E-state index contributed by atoms with van der Waals surface area (Å²) in [5, 5.41) is 25.1. The zero-order valence-electron chi connectivity index (χ0n) is 13.3. The molecule has 0 aromatic heterocycles. The zero-order valence-corrected chi connectivity index (χ0v) is 13.3. The minimum atomic E-state index is -1.45. The smallest absolute Gasteiger partial charge is 0.328 e. The molecule has 1 rings (SSSR count). The fourth-order valence-corrected chi connectivity index (χ4v) is 2.30. The lowest BCUT2D eigenvalue weighted by Crippen LogP contribution is -2.55. The van der Waals surface area contributed by atoms with Gasteiger partial charge in [0.1, 0.15) is 18.1 Å². The van der Waals surface area contributed by atoms with Gasteiger partial charge < -0.3 is 31.9 Å². The number of rotatable bonds is 10. The van der Waals surface area contributed by atoms with Gasteiger partial charge in [-0.15, -0.1) is 0 Å². The molecule has 1 fully saturated rings. The highest BCUT2D eigenvalue weighted by Gasteiger charge is 2.31. The van der Waals surface area contributed by atoms with Crippen molar-refractivity contribution in [3.63, 3.8) is 0 Å². The van der Waals surface area contributed by atoms with Crippen molar-refractivity contribution in [1.82, 2.24) is 16.0 Å². The Morgan fingerprint density at radius 3 is 2.46 bits per heavy atom. The average Bonchev–Trinajstić information content (AvgIpc) is 2.97. The Hall–Kier alpha value is -2.20. The van der Waals surface area contributed by atoms with Crippen molar-refractivity contribution in [3.8, 4) is 0 Å². The van der Waals surface area contributed by atoms with Crippen LogP contribution in [0.5, 0.6) is 0 Å². The van der Waals surface area contributed by atoms with Crippen molar-refractivity contribution in [1.29, 1.82) is 0 Å². The summed E-state index contributed by atoms with van der Waals surface area (Å²) in [5.74, 6) is -2.80. The van der Waals surface area contributed by atoms with Crippen LogP contribution in [-0.4, -0.2) is 65.2 Å². The van der Waals surface area contributed by atoms with E-state index in [9.17, 15) is 19.2 Å². The summed E-state index contributed by atoms with van der Waals surface area (Å²) >= 11 is 0. The number of hydrogen-bond donors (Lipinski definition) is 6. The highest BCUT2D eigenvalue weighted by atomic mass is 16.4. The normalized spacial score (nSPS) is 19.2. The first-order valence-electron chi connectivity index (χ1n) is 7.82. The molecule has 1 heterocycles. The Morgan fingerprint density at radius 1 is 1.25 bits per heavy atom. The fourth-order valence-electron chi connectivity index (χ4n) is 2.30. The summed E-state index contributed by atoms with van der Waals surface area (Å²) in [6.45, 7) is -0.335. The first kappa shape index (κ1) is 19.8. The molecule has 10 nitrogen and oxygen atoms in total. The quantitative estimate of drug-likeness (QED) is 0.237. The Morgan fingerprint density at radius 2 is 1.96 bits per heavy atom. The maximum atomic E-state index is 12.2. The van der Waals surface area contributed by atoms with Crippen LogP contribution in [0, 0.1) is 0 Å². The molecule has 136 valence electrons. The molecule has 0 aromatic carbocycles. The van der Waals surface area contributed by atoms with Gasteiger partial charge in [-0.25, -0.2) is 4.79 Å². The summed E-state index contributed by atoms with van der Waals surface area (Å²) in [4.78, 5) is 46.4. The molecule has 0 spiro atoms. The highest BCUT2D eigenvalue weighted by molar-refractivity contribution is 5.94. The number of nitrogens with one attached hydrogen (secondary N) is 3. The van der Waals surface area contributed by atoms with Crippen molar-refractivity contribution >= 4 is 23.7 Å². The first-order valence-corrected chi connectivity index (χ1v) is 7.82. The summed E-state index contributed by atoms with van der Waals surface area (Å²) in [6, 6.07) is -3.11. The topological polar surface area (TPSA) is 171 Å². The number of carbonyl (C=O) groups is 4. The van der Waals surface area contributed by atoms with Crippen LogP contribution in [0.15, 0.2) is 0 Å². The number of nitrogens with two attached hydrogens (primary N) is 1. The van der Waals surface area contributed by atoms with Gasteiger partial charge in [0.2, 0.25) is 17.7 Å². The number of carboxylic acids is 1. The number of carbonyl (C=O) groups excluding carboxylic acids is 3. The van der Waals surface area contributed by atoms with Crippen LogP contribution in [0.1, 0.15) is 32.1 Å². The summed E-state index contributed by atoms with van der Waals surface area (Å²) in [7, 11) is 0. The summed E-state index contributed by atoms with van der Waals surface area (Å²) in [6.07, 6.45) is 2.06. The van der Waals surface area contributed by atoms with Gasteiger partial charge in [-0.05, 0) is 32.2 Å². The highest BCUT2D eigenvalue weighted by Crippen LogP contribution is 2.08. The van der Waals surface area contributed by atoms with Crippen molar-refractivity contribution in [3.05, 3.63) is 0 Å². The predicted octanol–water partition coefficient (Wildman–Crippen LogP) is -2.56. The molecule has 0 radical (unpaired) electrons. The maximum Gasteiger partial charge on any atom is 0.328 e. The number of aliphatic carboxylic acids is 1. The molecule has 0 bridgehead atoms. The second-order valence-electron chi connectivity index (χ2n) is 5.59. The van der Waals surface area contributed by atoms with Crippen LogP contribution in [0.25, 0.3) is 0 Å². The van der Waals surface area contributed by atoms with E-state index in [2.05, 4.69) is 16.0 Å². The zero-order chi connectivity index (χ0) is 18.1. The number of hydrogen-bond acceptors (Lipinski definition) is 6. The number of carboxylic acid groups (broad SMARTS) is 1. The summed E-state index contributed by atoms with van der Waals surface area (Å²) in [5.41, 5.74) is 5.40. The standard InChI is InChI=1S/C14H24N4O6/c15-6-2-1-3-8(12(21)18-10(7-19)14(23)24)17-13(22)9-4-5-11(20)16-9/h8-10,19H,1-7,15H2,(H,16,20)(H,17,22)(H,18,21)(H,23,24). The minimum absolute atomic E-state index is 0.231. The molecular weight excluding hydrogens is 320 g/mol.